The van der Waals surface area contributed by atoms with Gasteiger partial charge in [0.25, 0.3) is 0 Å². The van der Waals surface area contributed by atoms with Crippen molar-refractivity contribution in [3.8, 4) is 11.1 Å². The number of carboxylic acid groups (broad SMARTS) is 1. The predicted molar refractivity (Wildman–Crippen MR) is 156 cm³/mol. The Balaban J connectivity index is 1.11. The standard InChI is InChI=1S/C33H37N3O5/c1-32(2,29(37)35-33(30(38)39)17-19-36(22-33)20-23-10-4-3-5-11-23)16-18-34-31(40)41-21-28-26-14-8-6-12-24(26)25-13-7-9-15-27(25)28/h3-15,28H,16-22H2,1-2H3,(H,34,40)(H,35,37)(H,38,39). The minimum Gasteiger partial charge on any atom is -0.479 e. The highest BCUT2D eigenvalue weighted by atomic mass is 16.5. The van der Waals surface area contributed by atoms with Crippen LogP contribution in [0.25, 0.3) is 11.1 Å². The van der Waals surface area contributed by atoms with Crippen LogP contribution in [-0.2, 0) is 20.9 Å². The van der Waals surface area contributed by atoms with Crippen molar-refractivity contribution in [1.29, 1.82) is 0 Å². The van der Waals surface area contributed by atoms with Gasteiger partial charge in [-0.2, -0.15) is 0 Å². The minimum atomic E-state index is -1.34. The lowest BCUT2D eigenvalue weighted by Gasteiger charge is -2.32. The van der Waals surface area contributed by atoms with Crippen molar-refractivity contribution in [3.63, 3.8) is 0 Å². The molecular formula is C33H37N3O5. The number of amides is 2. The summed E-state index contributed by atoms with van der Waals surface area (Å²) in [7, 11) is 0. The van der Waals surface area contributed by atoms with Crippen molar-refractivity contribution in [2.45, 2.75) is 44.7 Å². The van der Waals surface area contributed by atoms with Gasteiger partial charge >= 0.3 is 12.1 Å². The van der Waals surface area contributed by atoms with E-state index in [9.17, 15) is 19.5 Å². The van der Waals surface area contributed by atoms with E-state index in [0.29, 0.717) is 25.9 Å². The molecule has 2 amide bonds. The highest BCUT2D eigenvalue weighted by Gasteiger charge is 2.47. The van der Waals surface area contributed by atoms with Gasteiger partial charge in [0.15, 0.2) is 5.54 Å². The second-order valence-electron chi connectivity index (χ2n) is 11.7. The van der Waals surface area contributed by atoms with Gasteiger partial charge in [-0.05, 0) is 40.7 Å². The second-order valence-corrected chi connectivity index (χ2v) is 11.7. The number of rotatable bonds is 10. The molecule has 1 saturated heterocycles. The van der Waals surface area contributed by atoms with E-state index in [1.807, 2.05) is 54.6 Å². The molecule has 3 aromatic carbocycles. The van der Waals surface area contributed by atoms with Crippen LogP contribution in [0, 0.1) is 5.41 Å². The normalized spacial score (nSPS) is 18.4. The lowest BCUT2D eigenvalue weighted by molar-refractivity contribution is -0.148. The number of carboxylic acids is 1. The highest BCUT2D eigenvalue weighted by Crippen LogP contribution is 2.44. The van der Waals surface area contributed by atoms with E-state index < -0.39 is 23.0 Å². The third kappa shape index (κ3) is 6.12. The topological polar surface area (TPSA) is 108 Å². The van der Waals surface area contributed by atoms with E-state index in [1.165, 1.54) is 0 Å². The summed E-state index contributed by atoms with van der Waals surface area (Å²) in [6.45, 7) is 5.38. The largest absolute Gasteiger partial charge is 0.479 e. The Morgan fingerprint density at radius 2 is 1.56 bits per heavy atom. The molecule has 0 spiro atoms. The Hall–Kier alpha value is -4.17. The Labute approximate surface area is 240 Å². The van der Waals surface area contributed by atoms with E-state index in [0.717, 1.165) is 27.8 Å². The van der Waals surface area contributed by atoms with Crippen LogP contribution in [0.4, 0.5) is 4.79 Å². The first-order valence-corrected chi connectivity index (χ1v) is 14.1. The third-order valence-corrected chi connectivity index (χ3v) is 8.34. The van der Waals surface area contributed by atoms with Crippen LogP contribution >= 0.6 is 0 Å². The SMILES string of the molecule is CC(C)(CCNC(=O)OCC1c2ccccc2-c2ccccc21)C(=O)NC1(C(=O)O)CCN(Cc2ccccc2)C1. The predicted octanol–water partition coefficient (Wildman–Crippen LogP) is 4.79. The van der Waals surface area contributed by atoms with Crippen LogP contribution in [0.15, 0.2) is 78.9 Å². The average molecular weight is 556 g/mol. The van der Waals surface area contributed by atoms with Crippen LogP contribution in [0.1, 0.15) is 49.3 Å². The third-order valence-electron chi connectivity index (χ3n) is 8.34. The molecule has 1 aliphatic heterocycles. The number of carbonyl (C=O) groups excluding carboxylic acids is 2. The number of alkyl carbamates (subject to hydrolysis) is 1. The maximum Gasteiger partial charge on any atom is 0.407 e. The van der Waals surface area contributed by atoms with Gasteiger partial charge in [-0.1, -0.05) is 92.7 Å². The summed E-state index contributed by atoms with van der Waals surface area (Å²) in [6, 6.07) is 26.2. The van der Waals surface area contributed by atoms with Gasteiger partial charge in [0.2, 0.25) is 5.91 Å². The molecule has 41 heavy (non-hydrogen) atoms. The summed E-state index contributed by atoms with van der Waals surface area (Å²) < 4.78 is 5.60. The fourth-order valence-electron chi connectivity index (χ4n) is 5.82. The number of nitrogens with one attached hydrogen (secondary N) is 2. The first-order valence-electron chi connectivity index (χ1n) is 14.1. The van der Waals surface area contributed by atoms with E-state index in [-0.39, 0.29) is 31.5 Å². The van der Waals surface area contributed by atoms with Crippen molar-refractivity contribution in [1.82, 2.24) is 15.5 Å². The van der Waals surface area contributed by atoms with Gasteiger partial charge in [0.1, 0.15) is 6.61 Å². The second kappa shape index (κ2) is 11.7. The Morgan fingerprint density at radius 3 is 2.20 bits per heavy atom. The highest BCUT2D eigenvalue weighted by molar-refractivity contribution is 5.90. The first-order chi connectivity index (χ1) is 19.7. The van der Waals surface area contributed by atoms with Crippen LogP contribution in [0.2, 0.25) is 0 Å². The van der Waals surface area contributed by atoms with Crippen LogP contribution < -0.4 is 10.6 Å². The molecule has 0 bridgehead atoms. The molecule has 5 rings (SSSR count). The zero-order chi connectivity index (χ0) is 29.0. The number of carbonyl (C=O) groups is 3. The Bertz CT molecular complexity index is 1380. The van der Waals surface area contributed by atoms with E-state index in [4.69, 9.17) is 4.74 Å². The number of nitrogens with zero attached hydrogens (tertiary/aromatic N) is 1. The number of aliphatic carboxylic acids is 1. The lowest BCUT2D eigenvalue weighted by atomic mass is 9.86. The van der Waals surface area contributed by atoms with Crippen molar-refractivity contribution < 1.29 is 24.2 Å². The summed E-state index contributed by atoms with van der Waals surface area (Å²) >= 11 is 0. The van der Waals surface area contributed by atoms with Gasteiger partial charge in [0, 0.05) is 37.5 Å². The molecule has 0 radical (unpaired) electrons. The van der Waals surface area contributed by atoms with Crippen molar-refractivity contribution >= 4 is 18.0 Å². The van der Waals surface area contributed by atoms with Crippen molar-refractivity contribution in [2.75, 3.05) is 26.2 Å². The Kier molecular flexibility index (Phi) is 8.13. The maximum absolute atomic E-state index is 13.3. The summed E-state index contributed by atoms with van der Waals surface area (Å²) in [5.74, 6) is -1.42. The number of hydrogen-bond acceptors (Lipinski definition) is 5. The van der Waals surface area contributed by atoms with Gasteiger partial charge in [-0.25, -0.2) is 9.59 Å². The summed E-state index contributed by atoms with van der Waals surface area (Å²) in [5.41, 5.74) is 3.46. The lowest BCUT2D eigenvalue weighted by Crippen LogP contribution is -2.59. The minimum absolute atomic E-state index is 0.0320. The molecule has 1 unspecified atom stereocenters. The first kappa shape index (κ1) is 28.4. The van der Waals surface area contributed by atoms with E-state index >= 15 is 0 Å². The summed E-state index contributed by atoms with van der Waals surface area (Å²) in [6.07, 6.45) is 0.110. The molecule has 2 aliphatic rings. The molecular weight excluding hydrogens is 518 g/mol. The number of ether oxygens (including phenoxy) is 1. The van der Waals surface area contributed by atoms with Gasteiger partial charge in [-0.3, -0.25) is 9.69 Å². The van der Waals surface area contributed by atoms with Gasteiger partial charge in [-0.15, -0.1) is 0 Å². The Morgan fingerprint density at radius 1 is 0.951 bits per heavy atom. The van der Waals surface area contributed by atoms with Crippen LogP contribution in [0.3, 0.4) is 0 Å². The zero-order valence-electron chi connectivity index (χ0n) is 23.6. The molecule has 1 heterocycles. The molecule has 214 valence electrons. The molecule has 3 aromatic rings. The fraction of sp³-hybridized carbons (Fsp3) is 0.364. The summed E-state index contributed by atoms with van der Waals surface area (Å²) in [5, 5.41) is 15.7. The number of likely N-dealkylation sites (tertiary alicyclic amines) is 1. The molecule has 1 aliphatic carbocycles. The fourth-order valence-corrected chi connectivity index (χ4v) is 5.82. The smallest absolute Gasteiger partial charge is 0.407 e. The number of hydrogen-bond donors (Lipinski definition) is 3. The van der Waals surface area contributed by atoms with Gasteiger partial charge in [0.05, 0.1) is 0 Å². The molecule has 3 N–H and O–H groups in total. The zero-order valence-corrected chi connectivity index (χ0v) is 23.6. The maximum atomic E-state index is 13.3. The van der Waals surface area contributed by atoms with E-state index in [1.54, 1.807) is 13.8 Å². The van der Waals surface area contributed by atoms with Crippen molar-refractivity contribution in [2.24, 2.45) is 5.41 Å². The van der Waals surface area contributed by atoms with Crippen molar-refractivity contribution in [3.05, 3.63) is 95.6 Å². The van der Waals surface area contributed by atoms with Crippen LogP contribution in [-0.4, -0.2) is 59.8 Å². The molecule has 1 atom stereocenters. The molecule has 1 fully saturated rings. The summed E-state index contributed by atoms with van der Waals surface area (Å²) in [4.78, 5) is 40.2. The quantitative estimate of drug-likeness (QED) is 0.332. The van der Waals surface area contributed by atoms with Gasteiger partial charge < -0.3 is 20.5 Å². The average Bonchev–Trinajstić information content (AvgIpc) is 3.52. The number of benzene rings is 3. The molecule has 0 aromatic heterocycles. The monoisotopic (exact) mass is 555 g/mol. The van der Waals surface area contributed by atoms with Crippen LogP contribution in [0.5, 0.6) is 0 Å². The molecule has 0 saturated carbocycles. The molecule has 8 heteroatoms. The number of fused-ring (bicyclic) bond motifs is 3. The molecule has 8 nitrogen and oxygen atoms in total. The van der Waals surface area contributed by atoms with E-state index in [2.05, 4.69) is 39.8 Å².